The molecule has 0 amide bonds. The summed E-state index contributed by atoms with van der Waals surface area (Å²) in [7, 11) is 0. The largest absolute Gasteiger partial charge is 0.365 e. The van der Waals surface area contributed by atoms with Crippen molar-refractivity contribution in [3.8, 4) is 0 Å². The van der Waals surface area contributed by atoms with Crippen LogP contribution in [0.1, 0.15) is 40.8 Å². The minimum absolute atomic E-state index is 0.355. The summed E-state index contributed by atoms with van der Waals surface area (Å²) in [5.74, 6) is 0. The summed E-state index contributed by atoms with van der Waals surface area (Å²) in [6, 6.07) is 2.28. The fraction of sp³-hybridized carbons (Fsp3) is 0.538. The van der Waals surface area contributed by atoms with Gasteiger partial charge < -0.3 is 4.74 Å². The van der Waals surface area contributed by atoms with Gasteiger partial charge in [0.2, 0.25) is 0 Å². The molecule has 2 atom stereocenters. The van der Waals surface area contributed by atoms with Gasteiger partial charge in [0.15, 0.2) is 0 Å². The molecule has 1 aromatic carbocycles. The van der Waals surface area contributed by atoms with E-state index in [-0.39, 0.29) is 0 Å². The monoisotopic (exact) mass is 190 g/mol. The van der Waals surface area contributed by atoms with Crippen LogP contribution < -0.4 is 0 Å². The smallest absolute Gasteiger partial charge is 0.109 e. The van der Waals surface area contributed by atoms with Crippen LogP contribution in [0.2, 0.25) is 0 Å². The van der Waals surface area contributed by atoms with Crippen molar-refractivity contribution in [2.45, 2.75) is 46.8 Å². The average molecular weight is 190 g/mol. The number of ether oxygens (including phenoxy) is 1. The molecule has 0 radical (unpaired) electrons. The fourth-order valence-corrected chi connectivity index (χ4v) is 2.05. The molecule has 14 heavy (non-hydrogen) atoms. The summed E-state index contributed by atoms with van der Waals surface area (Å²) in [5.41, 5.74) is 7.01. The van der Waals surface area contributed by atoms with Crippen LogP contribution in [0.25, 0.3) is 0 Å². The molecule has 0 aliphatic carbocycles. The second-order valence-corrected chi connectivity index (χ2v) is 4.42. The number of hydrogen-bond acceptors (Lipinski definition) is 1. The van der Waals surface area contributed by atoms with E-state index in [1.54, 1.807) is 0 Å². The molecule has 0 saturated carbocycles. The molecule has 1 heteroatoms. The summed E-state index contributed by atoms with van der Waals surface area (Å²) >= 11 is 0. The minimum atomic E-state index is 0.355. The van der Waals surface area contributed by atoms with Crippen molar-refractivity contribution >= 4 is 0 Å². The van der Waals surface area contributed by atoms with Crippen LogP contribution in [0.5, 0.6) is 0 Å². The Kier molecular flexibility index (Phi) is 2.15. The maximum absolute atomic E-state index is 5.53. The average Bonchev–Trinajstić information content (AvgIpc) is 2.85. The number of hydrogen-bond donors (Lipinski definition) is 0. The quantitative estimate of drug-likeness (QED) is 0.618. The van der Waals surface area contributed by atoms with Crippen LogP contribution in [-0.2, 0) is 4.74 Å². The van der Waals surface area contributed by atoms with Gasteiger partial charge >= 0.3 is 0 Å². The molecule has 2 rings (SSSR count). The Morgan fingerprint density at radius 2 is 1.57 bits per heavy atom. The van der Waals surface area contributed by atoms with Crippen molar-refractivity contribution in [1.82, 2.24) is 0 Å². The van der Waals surface area contributed by atoms with Gasteiger partial charge in [-0.15, -0.1) is 0 Å². The first-order valence-electron chi connectivity index (χ1n) is 5.25. The molecule has 1 heterocycles. The predicted octanol–water partition coefficient (Wildman–Crippen LogP) is 3.38. The molecule has 0 spiro atoms. The van der Waals surface area contributed by atoms with Crippen LogP contribution in [0.4, 0.5) is 0 Å². The lowest BCUT2D eigenvalue weighted by atomic mass is 9.92. The number of rotatable bonds is 1. The highest BCUT2D eigenvalue weighted by atomic mass is 16.6. The van der Waals surface area contributed by atoms with Gasteiger partial charge in [0.05, 0.1) is 6.10 Å². The number of benzene rings is 1. The van der Waals surface area contributed by atoms with E-state index in [1.165, 1.54) is 27.8 Å². The zero-order chi connectivity index (χ0) is 10.5. The minimum Gasteiger partial charge on any atom is -0.365 e. The Morgan fingerprint density at radius 3 is 2.07 bits per heavy atom. The Bertz CT molecular complexity index is 379. The maximum atomic E-state index is 5.53. The van der Waals surface area contributed by atoms with Gasteiger partial charge in [-0.1, -0.05) is 6.07 Å². The fourth-order valence-electron chi connectivity index (χ4n) is 2.05. The molecule has 1 fully saturated rings. The van der Waals surface area contributed by atoms with Crippen molar-refractivity contribution in [1.29, 1.82) is 0 Å². The van der Waals surface area contributed by atoms with Gasteiger partial charge in [0.1, 0.15) is 6.10 Å². The van der Waals surface area contributed by atoms with Gasteiger partial charge in [-0.2, -0.15) is 0 Å². The molecule has 1 aliphatic heterocycles. The van der Waals surface area contributed by atoms with Crippen LogP contribution in [0.3, 0.4) is 0 Å². The molecular weight excluding hydrogens is 172 g/mol. The molecule has 1 saturated heterocycles. The lowest BCUT2D eigenvalue weighted by molar-refractivity contribution is 0.382. The Morgan fingerprint density at radius 1 is 1.00 bits per heavy atom. The van der Waals surface area contributed by atoms with Crippen molar-refractivity contribution < 1.29 is 4.74 Å². The molecule has 0 aromatic heterocycles. The second kappa shape index (κ2) is 3.09. The van der Waals surface area contributed by atoms with Gasteiger partial charge in [-0.3, -0.25) is 0 Å². The van der Waals surface area contributed by atoms with Crippen molar-refractivity contribution in [3.05, 3.63) is 33.9 Å². The van der Waals surface area contributed by atoms with Crippen LogP contribution in [-0.4, -0.2) is 6.10 Å². The zero-order valence-electron chi connectivity index (χ0n) is 9.64. The van der Waals surface area contributed by atoms with Crippen molar-refractivity contribution in [2.75, 3.05) is 0 Å². The van der Waals surface area contributed by atoms with E-state index in [2.05, 4.69) is 40.7 Å². The Labute approximate surface area is 86.1 Å². The van der Waals surface area contributed by atoms with Gasteiger partial charge in [0.25, 0.3) is 0 Å². The third-order valence-electron chi connectivity index (χ3n) is 3.54. The Balaban J connectivity index is 2.51. The highest BCUT2D eigenvalue weighted by Gasteiger charge is 2.37. The third-order valence-corrected chi connectivity index (χ3v) is 3.54. The lowest BCUT2D eigenvalue weighted by Crippen LogP contribution is -1.97. The normalized spacial score (nSPS) is 25.2. The van der Waals surface area contributed by atoms with E-state index >= 15 is 0 Å². The van der Waals surface area contributed by atoms with E-state index in [0.29, 0.717) is 12.2 Å². The molecule has 0 N–H and O–H groups in total. The van der Waals surface area contributed by atoms with Crippen LogP contribution >= 0.6 is 0 Å². The summed E-state index contributed by atoms with van der Waals surface area (Å²) in [6.45, 7) is 10.9. The van der Waals surface area contributed by atoms with Crippen molar-refractivity contribution in [2.24, 2.45) is 0 Å². The molecule has 2 unspecified atom stereocenters. The van der Waals surface area contributed by atoms with Gasteiger partial charge in [0, 0.05) is 0 Å². The van der Waals surface area contributed by atoms with Crippen LogP contribution in [0, 0.1) is 27.7 Å². The highest BCUT2D eigenvalue weighted by Crippen LogP contribution is 2.41. The second-order valence-electron chi connectivity index (χ2n) is 4.42. The lowest BCUT2D eigenvalue weighted by Gasteiger charge is -2.12. The predicted molar refractivity (Wildman–Crippen MR) is 58.7 cm³/mol. The first kappa shape index (κ1) is 9.72. The summed E-state index contributed by atoms with van der Waals surface area (Å²) < 4.78 is 5.53. The summed E-state index contributed by atoms with van der Waals surface area (Å²) in [5, 5.41) is 0. The van der Waals surface area contributed by atoms with E-state index in [1.807, 2.05) is 0 Å². The third kappa shape index (κ3) is 1.36. The molecule has 76 valence electrons. The molecule has 1 aliphatic rings. The summed E-state index contributed by atoms with van der Waals surface area (Å²) in [4.78, 5) is 0. The van der Waals surface area contributed by atoms with E-state index in [9.17, 15) is 0 Å². The first-order valence-corrected chi connectivity index (χ1v) is 5.25. The summed E-state index contributed by atoms with van der Waals surface area (Å²) in [6.07, 6.45) is 0.767. The maximum Gasteiger partial charge on any atom is 0.109 e. The van der Waals surface area contributed by atoms with Gasteiger partial charge in [-0.25, -0.2) is 0 Å². The van der Waals surface area contributed by atoms with Gasteiger partial charge in [-0.05, 0) is 62.4 Å². The SMILES string of the molecule is Cc1cc(C2OC2C)c(C)c(C)c1C. The Hall–Kier alpha value is -0.820. The molecule has 1 nitrogen and oxygen atoms in total. The molecule has 0 bridgehead atoms. The molecular formula is C13H18O. The van der Waals surface area contributed by atoms with Crippen molar-refractivity contribution in [3.63, 3.8) is 0 Å². The standard InChI is InChI=1S/C13H18O/c1-7-6-12(13-11(5)14-13)10(4)9(3)8(7)2/h6,11,13H,1-5H3. The topological polar surface area (TPSA) is 12.5 Å². The van der Waals surface area contributed by atoms with E-state index in [0.717, 1.165) is 0 Å². The molecule has 1 aromatic rings. The first-order chi connectivity index (χ1) is 6.52. The highest BCUT2D eigenvalue weighted by molar-refractivity contribution is 5.45. The van der Waals surface area contributed by atoms with Crippen LogP contribution in [0.15, 0.2) is 6.07 Å². The zero-order valence-corrected chi connectivity index (χ0v) is 9.64. The number of epoxide rings is 1. The number of aryl methyl sites for hydroxylation is 1. The van der Waals surface area contributed by atoms with E-state index in [4.69, 9.17) is 4.74 Å². The van der Waals surface area contributed by atoms with E-state index < -0.39 is 0 Å².